The minimum absolute atomic E-state index is 0.0634. The molecule has 2 aliphatic rings. The summed E-state index contributed by atoms with van der Waals surface area (Å²) in [6.07, 6.45) is 2.96. The first-order chi connectivity index (χ1) is 13.5. The van der Waals surface area contributed by atoms with E-state index >= 15 is 0 Å². The van der Waals surface area contributed by atoms with Crippen molar-refractivity contribution in [2.45, 2.75) is 44.5 Å². The lowest BCUT2D eigenvalue weighted by Gasteiger charge is -2.39. The molecule has 0 spiro atoms. The van der Waals surface area contributed by atoms with Gasteiger partial charge in [0.05, 0.1) is 18.8 Å². The molecule has 3 atom stereocenters. The maximum atomic E-state index is 11.5. The van der Waals surface area contributed by atoms with Crippen molar-refractivity contribution in [3.8, 4) is 5.75 Å². The van der Waals surface area contributed by atoms with Crippen molar-refractivity contribution in [1.29, 1.82) is 0 Å². The van der Waals surface area contributed by atoms with Crippen LogP contribution in [0.3, 0.4) is 0 Å². The van der Waals surface area contributed by atoms with E-state index in [1.54, 1.807) is 0 Å². The van der Waals surface area contributed by atoms with Crippen LogP contribution in [-0.4, -0.2) is 25.1 Å². The molecule has 0 saturated carbocycles. The molecule has 0 unspecified atom stereocenters. The fourth-order valence-corrected chi connectivity index (χ4v) is 4.48. The molecule has 2 heterocycles. The van der Waals surface area contributed by atoms with E-state index in [2.05, 4.69) is 18.2 Å². The molecule has 4 nitrogen and oxygen atoms in total. The van der Waals surface area contributed by atoms with E-state index in [1.165, 1.54) is 0 Å². The summed E-state index contributed by atoms with van der Waals surface area (Å²) < 4.78 is 18.0. The number of benzene rings is 2. The Labute approximate surface area is 170 Å². The minimum atomic E-state index is -0.864. The number of rotatable bonds is 6. The van der Waals surface area contributed by atoms with E-state index in [4.69, 9.17) is 25.8 Å². The van der Waals surface area contributed by atoms with Crippen LogP contribution < -0.4 is 4.74 Å². The van der Waals surface area contributed by atoms with Gasteiger partial charge >= 0.3 is 0 Å². The van der Waals surface area contributed by atoms with Gasteiger partial charge in [-0.15, -0.1) is 0 Å². The van der Waals surface area contributed by atoms with Crippen LogP contribution >= 0.6 is 11.6 Å². The number of carbonyl (C=O) groups excluding carboxylic acids is 1. The topological polar surface area (TPSA) is 44.8 Å². The van der Waals surface area contributed by atoms with Crippen molar-refractivity contribution in [3.05, 3.63) is 64.2 Å². The molecule has 0 aliphatic carbocycles. The second-order valence-corrected chi connectivity index (χ2v) is 8.37. The fourth-order valence-electron chi connectivity index (χ4n) is 4.29. The molecule has 2 aliphatic heterocycles. The van der Waals surface area contributed by atoms with E-state index in [1.807, 2.05) is 38.1 Å². The summed E-state index contributed by atoms with van der Waals surface area (Å²) in [5, 5.41) is 0.706. The summed E-state index contributed by atoms with van der Waals surface area (Å²) in [4.78, 5) is 11.5. The van der Waals surface area contributed by atoms with Gasteiger partial charge in [-0.1, -0.05) is 29.8 Å². The standard InChI is InChI=1S/C23H25ClO4/c1-3-26-20-7-4-16(5-8-20)10-18-11-19(6-9-21(18)24)23-13-17(14-25)12-22(2,28-23)15-27-23/h4-9,11,14,17H,3,10,12-13,15H2,1-2H3/t17-,22+,23+/m0/s1. The van der Waals surface area contributed by atoms with Gasteiger partial charge in [-0.3, -0.25) is 0 Å². The lowest BCUT2D eigenvalue weighted by molar-refractivity contribution is -0.227. The highest BCUT2D eigenvalue weighted by atomic mass is 35.5. The van der Waals surface area contributed by atoms with Crippen LogP contribution in [0.1, 0.15) is 43.4 Å². The van der Waals surface area contributed by atoms with Gasteiger partial charge in [0, 0.05) is 22.9 Å². The molecule has 0 radical (unpaired) electrons. The first-order valence-electron chi connectivity index (χ1n) is 9.75. The normalized spacial score (nSPS) is 28.9. The predicted molar refractivity (Wildman–Crippen MR) is 108 cm³/mol. The number of ether oxygens (including phenoxy) is 3. The van der Waals surface area contributed by atoms with Crippen LogP contribution in [0.5, 0.6) is 5.75 Å². The number of hydrogen-bond acceptors (Lipinski definition) is 4. The highest BCUT2D eigenvalue weighted by Crippen LogP contribution is 2.51. The zero-order chi connectivity index (χ0) is 19.8. The Morgan fingerprint density at radius 1 is 1.21 bits per heavy atom. The average Bonchev–Trinajstić information content (AvgIpc) is 2.95. The molecule has 148 valence electrons. The fraction of sp³-hybridized carbons (Fsp3) is 0.435. The van der Waals surface area contributed by atoms with Gasteiger partial charge in [0.2, 0.25) is 0 Å². The second kappa shape index (κ2) is 7.51. The first kappa shape index (κ1) is 19.4. The largest absolute Gasteiger partial charge is 0.494 e. The third-order valence-corrected chi connectivity index (χ3v) is 5.92. The van der Waals surface area contributed by atoms with Crippen molar-refractivity contribution in [1.82, 2.24) is 0 Å². The minimum Gasteiger partial charge on any atom is -0.494 e. The summed E-state index contributed by atoms with van der Waals surface area (Å²) in [7, 11) is 0. The summed E-state index contributed by atoms with van der Waals surface area (Å²) >= 11 is 6.49. The molecular weight excluding hydrogens is 376 g/mol. The zero-order valence-corrected chi connectivity index (χ0v) is 17.0. The lowest BCUT2D eigenvalue weighted by Crippen LogP contribution is -2.42. The van der Waals surface area contributed by atoms with Crippen LogP contribution in [0.25, 0.3) is 0 Å². The summed E-state index contributed by atoms with van der Waals surface area (Å²) in [6, 6.07) is 13.9. The molecule has 2 aromatic carbocycles. The smallest absolute Gasteiger partial charge is 0.196 e. The molecule has 28 heavy (non-hydrogen) atoms. The quantitative estimate of drug-likeness (QED) is 0.647. The number of halogens is 1. The van der Waals surface area contributed by atoms with Gasteiger partial charge in [-0.25, -0.2) is 0 Å². The lowest BCUT2D eigenvalue weighted by atomic mass is 9.83. The van der Waals surface area contributed by atoms with Crippen LogP contribution in [0, 0.1) is 5.92 Å². The van der Waals surface area contributed by atoms with Crippen molar-refractivity contribution < 1.29 is 19.0 Å². The third kappa shape index (κ3) is 3.69. The molecule has 2 bridgehead atoms. The molecular formula is C23H25ClO4. The van der Waals surface area contributed by atoms with E-state index < -0.39 is 11.4 Å². The molecule has 0 aromatic heterocycles. The van der Waals surface area contributed by atoms with Gasteiger partial charge in [-0.05, 0) is 62.1 Å². The van der Waals surface area contributed by atoms with Gasteiger partial charge < -0.3 is 19.0 Å². The van der Waals surface area contributed by atoms with E-state index in [0.29, 0.717) is 37.5 Å². The van der Waals surface area contributed by atoms with Crippen molar-refractivity contribution in [2.24, 2.45) is 5.92 Å². The van der Waals surface area contributed by atoms with E-state index in [0.717, 1.165) is 28.7 Å². The zero-order valence-electron chi connectivity index (χ0n) is 16.2. The van der Waals surface area contributed by atoms with Crippen LogP contribution in [0.4, 0.5) is 0 Å². The first-order valence-corrected chi connectivity index (χ1v) is 10.1. The van der Waals surface area contributed by atoms with Gasteiger partial charge in [-0.2, -0.15) is 0 Å². The van der Waals surface area contributed by atoms with Crippen molar-refractivity contribution in [3.63, 3.8) is 0 Å². The molecule has 2 saturated heterocycles. The Morgan fingerprint density at radius 2 is 2.00 bits per heavy atom. The number of fused-ring (bicyclic) bond motifs is 2. The monoisotopic (exact) mass is 400 g/mol. The highest BCUT2D eigenvalue weighted by molar-refractivity contribution is 6.31. The second-order valence-electron chi connectivity index (χ2n) is 7.96. The molecule has 0 N–H and O–H groups in total. The SMILES string of the molecule is CCOc1ccc(Cc2cc([C@]34C[C@@H](C=O)C[C@](C)(CO3)O4)ccc2Cl)cc1. The highest BCUT2D eigenvalue weighted by Gasteiger charge is 2.55. The Balaban J connectivity index is 1.61. The maximum absolute atomic E-state index is 11.5. The van der Waals surface area contributed by atoms with Crippen LogP contribution in [-0.2, 0) is 26.5 Å². The Kier molecular flexibility index (Phi) is 5.21. The summed E-state index contributed by atoms with van der Waals surface area (Å²) in [5.74, 6) is -0.0675. The van der Waals surface area contributed by atoms with E-state index in [-0.39, 0.29) is 5.92 Å². The third-order valence-electron chi connectivity index (χ3n) is 5.55. The molecule has 2 fully saturated rings. The molecule has 0 amide bonds. The average molecular weight is 401 g/mol. The maximum Gasteiger partial charge on any atom is 0.196 e. The van der Waals surface area contributed by atoms with Gasteiger partial charge in [0.1, 0.15) is 12.0 Å². The number of carbonyl (C=O) groups is 1. The summed E-state index contributed by atoms with van der Waals surface area (Å²) in [5.41, 5.74) is 2.66. The Bertz CT molecular complexity index is 865. The summed E-state index contributed by atoms with van der Waals surface area (Å²) in [6.45, 7) is 5.13. The van der Waals surface area contributed by atoms with Gasteiger partial charge in [0.25, 0.3) is 0 Å². The van der Waals surface area contributed by atoms with Crippen molar-refractivity contribution in [2.75, 3.05) is 13.2 Å². The van der Waals surface area contributed by atoms with E-state index in [9.17, 15) is 4.79 Å². The van der Waals surface area contributed by atoms with Crippen LogP contribution in [0.15, 0.2) is 42.5 Å². The number of aldehydes is 1. The van der Waals surface area contributed by atoms with Crippen LogP contribution in [0.2, 0.25) is 5.02 Å². The predicted octanol–water partition coefficient (Wildman–Crippen LogP) is 4.90. The molecule has 5 heteroatoms. The number of hydrogen-bond donors (Lipinski definition) is 0. The Hall–Kier alpha value is -1.88. The molecule has 4 rings (SSSR count). The Morgan fingerprint density at radius 3 is 2.71 bits per heavy atom. The van der Waals surface area contributed by atoms with Gasteiger partial charge in [0.15, 0.2) is 5.79 Å². The molecule has 2 aromatic rings. The van der Waals surface area contributed by atoms with Crippen molar-refractivity contribution >= 4 is 17.9 Å².